The summed E-state index contributed by atoms with van der Waals surface area (Å²) < 4.78 is 5.91. The Kier molecular flexibility index (Phi) is 5.83. The molecule has 1 heterocycles. The molecule has 3 atom stereocenters. The van der Waals surface area contributed by atoms with Crippen molar-refractivity contribution < 1.29 is 4.74 Å². The minimum absolute atomic E-state index is 0.363. The van der Waals surface area contributed by atoms with Crippen molar-refractivity contribution in [2.24, 2.45) is 0 Å². The van der Waals surface area contributed by atoms with Crippen molar-refractivity contribution in [3.8, 4) is 6.07 Å². The highest BCUT2D eigenvalue weighted by atomic mass is 16.5. The highest BCUT2D eigenvalue weighted by Crippen LogP contribution is 2.28. The highest BCUT2D eigenvalue weighted by molar-refractivity contribution is 5.02. The molecule has 0 amide bonds. The number of nitriles is 1. The SMILES string of the molecule is CNC(C)(C#N)CCCCN1CCOC2CCCCC21. The summed E-state index contributed by atoms with van der Waals surface area (Å²) in [6.07, 6.45) is 8.94. The molecular weight excluding hydrogens is 250 g/mol. The zero-order chi connectivity index (χ0) is 14.4. The lowest BCUT2D eigenvalue weighted by molar-refractivity contribution is -0.0883. The van der Waals surface area contributed by atoms with Crippen LogP contribution in [0.2, 0.25) is 0 Å². The van der Waals surface area contributed by atoms with Crippen LogP contribution in [0.25, 0.3) is 0 Å². The van der Waals surface area contributed by atoms with E-state index < -0.39 is 0 Å². The van der Waals surface area contributed by atoms with Crippen LogP contribution in [0.5, 0.6) is 0 Å². The molecule has 2 aliphatic rings. The lowest BCUT2D eigenvalue weighted by atomic mass is 9.90. The maximum Gasteiger partial charge on any atom is 0.103 e. The van der Waals surface area contributed by atoms with Gasteiger partial charge in [-0.25, -0.2) is 0 Å². The summed E-state index contributed by atoms with van der Waals surface area (Å²) in [5.74, 6) is 0. The number of nitrogens with one attached hydrogen (secondary N) is 1. The lowest BCUT2D eigenvalue weighted by Gasteiger charge is -2.44. The van der Waals surface area contributed by atoms with Crippen LogP contribution in [-0.4, -0.2) is 49.3 Å². The normalized spacial score (nSPS) is 30.2. The third kappa shape index (κ3) is 3.94. The summed E-state index contributed by atoms with van der Waals surface area (Å²) in [5.41, 5.74) is -0.363. The summed E-state index contributed by atoms with van der Waals surface area (Å²) in [6, 6.07) is 3.02. The summed E-state index contributed by atoms with van der Waals surface area (Å²) >= 11 is 0. The fourth-order valence-electron chi connectivity index (χ4n) is 3.48. The van der Waals surface area contributed by atoms with E-state index in [4.69, 9.17) is 10.00 Å². The smallest absolute Gasteiger partial charge is 0.103 e. The van der Waals surface area contributed by atoms with Gasteiger partial charge in [0.05, 0.1) is 18.8 Å². The molecule has 1 saturated carbocycles. The molecule has 1 aliphatic heterocycles. The Balaban J connectivity index is 1.72. The number of ether oxygens (including phenoxy) is 1. The van der Waals surface area contributed by atoms with E-state index >= 15 is 0 Å². The van der Waals surface area contributed by atoms with Crippen LogP contribution in [0.15, 0.2) is 0 Å². The molecule has 1 aliphatic carbocycles. The summed E-state index contributed by atoms with van der Waals surface area (Å²) in [5, 5.41) is 12.3. The molecule has 0 bridgehead atoms. The van der Waals surface area contributed by atoms with Crippen LogP contribution in [0, 0.1) is 11.3 Å². The van der Waals surface area contributed by atoms with Crippen molar-refractivity contribution in [2.75, 3.05) is 26.7 Å². The predicted octanol–water partition coefficient (Wildman–Crippen LogP) is 2.30. The second-order valence-electron chi connectivity index (χ2n) is 6.45. The molecule has 1 saturated heterocycles. The van der Waals surface area contributed by atoms with Crippen molar-refractivity contribution >= 4 is 0 Å². The molecular formula is C16H29N3O. The van der Waals surface area contributed by atoms with Crippen LogP contribution in [0.1, 0.15) is 51.9 Å². The zero-order valence-corrected chi connectivity index (χ0v) is 13.0. The minimum Gasteiger partial charge on any atom is -0.375 e. The van der Waals surface area contributed by atoms with E-state index in [1.165, 1.54) is 32.1 Å². The van der Waals surface area contributed by atoms with Gasteiger partial charge in [-0.1, -0.05) is 12.8 Å². The maximum absolute atomic E-state index is 9.15. The monoisotopic (exact) mass is 279 g/mol. The molecule has 3 unspecified atom stereocenters. The second-order valence-corrected chi connectivity index (χ2v) is 6.45. The molecule has 0 spiro atoms. The van der Waals surface area contributed by atoms with Crippen LogP contribution in [0.3, 0.4) is 0 Å². The van der Waals surface area contributed by atoms with Gasteiger partial charge in [-0.05, 0) is 52.6 Å². The van der Waals surface area contributed by atoms with Gasteiger partial charge >= 0.3 is 0 Å². The molecule has 20 heavy (non-hydrogen) atoms. The van der Waals surface area contributed by atoms with E-state index in [2.05, 4.69) is 16.3 Å². The largest absolute Gasteiger partial charge is 0.375 e. The van der Waals surface area contributed by atoms with Crippen LogP contribution in [0.4, 0.5) is 0 Å². The molecule has 114 valence electrons. The lowest BCUT2D eigenvalue weighted by Crippen LogP contribution is -2.52. The molecule has 0 aromatic rings. The van der Waals surface area contributed by atoms with Gasteiger partial charge in [-0.2, -0.15) is 5.26 Å². The molecule has 0 aromatic carbocycles. The van der Waals surface area contributed by atoms with E-state index in [9.17, 15) is 0 Å². The van der Waals surface area contributed by atoms with E-state index in [0.29, 0.717) is 12.1 Å². The average Bonchev–Trinajstić information content (AvgIpc) is 2.51. The Hall–Kier alpha value is -0.630. The van der Waals surface area contributed by atoms with E-state index in [0.717, 1.165) is 32.5 Å². The molecule has 2 fully saturated rings. The van der Waals surface area contributed by atoms with Crippen LogP contribution in [-0.2, 0) is 4.74 Å². The van der Waals surface area contributed by atoms with Gasteiger partial charge in [0.2, 0.25) is 0 Å². The Bertz CT molecular complexity index is 339. The number of fused-ring (bicyclic) bond motifs is 1. The van der Waals surface area contributed by atoms with Gasteiger partial charge in [0.15, 0.2) is 0 Å². The standard InChI is InChI=1S/C16H29N3O/c1-16(13-17,18-2)9-5-6-10-19-11-12-20-15-8-4-3-7-14(15)19/h14-15,18H,3-12H2,1-2H3. The summed E-state index contributed by atoms with van der Waals surface area (Å²) in [4.78, 5) is 2.64. The number of rotatable bonds is 6. The first kappa shape index (κ1) is 15.8. The van der Waals surface area contributed by atoms with E-state index in [-0.39, 0.29) is 5.54 Å². The minimum atomic E-state index is -0.363. The van der Waals surface area contributed by atoms with Gasteiger partial charge in [0.25, 0.3) is 0 Å². The number of unbranched alkanes of at least 4 members (excludes halogenated alkanes) is 1. The molecule has 1 N–H and O–H groups in total. The third-order valence-electron chi connectivity index (χ3n) is 5.02. The molecule has 0 aromatic heterocycles. The Labute approximate surface area is 123 Å². The first-order valence-electron chi connectivity index (χ1n) is 8.14. The first-order chi connectivity index (χ1) is 9.68. The highest BCUT2D eigenvalue weighted by Gasteiger charge is 2.33. The fraction of sp³-hybridized carbons (Fsp3) is 0.938. The number of morpholine rings is 1. The topological polar surface area (TPSA) is 48.3 Å². The third-order valence-corrected chi connectivity index (χ3v) is 5.02. The van der Waals surface area contributed by atoms with Crippen molar-refractivity contribution in [3.05, 3.63) is 0 Å². The quantitative estimate of drug-likeness (QED) is 0.758. The van der Waals surface area contributed by atoms with Gasteiger partial charge < -0.3 is 10.1 Å². The fourth-order valence-corrected chi connectivity index (χ4v) is 3.48. The average molecular weight is 279 g/mol. The number of hydrogen-bond donors (Lipinski definition) is 1. The van der Waals surface area contributed by atoms with Crippen molar-refractivity contribution in [1.29, 1.82) is 5.26 Å². The second kappa shape index (κ2) is 7.40. The molecule has 4 heteroatoms. The number of nitrogens with zero attached hydrogens (tertiary/aromatic N) is 2. The van der Waals surface area contributed by atoms with Crippen LogP contribution < -0.4 is 5.32 Å². The van der Waals surface area contributed by atoms with E-state index in [1.807, 2.05) is 14.0 Å². The van der Waals surface area contributed by atoms with Crippen molar-refractivity contribution in [2.45, 2.75) is 69.6 Å². The Morgan fingerprint density at radius 3 is 2.90 bits per heavy atom. The maximum atomic E-state index is 9.15. The first-order valence-corrected chi connectivity index (χ1v) is 8.14. The van der Waals surface area contributed by atoms with E-state index in [1.54, 1.807) is 0 Å². The predicted molar refractivity (Wildman–Crippen MR) is 80.5 cm³/mol. The van der Waals surface area contributed by atoms with Gasteiger partial charge in [0.1, 0.15) is 5.54 Å². The van der Waals surface area contributed by atoms with Crippen molar-refractivity contribution in [3.63, 3.8) is 0 Å². The van der Waals surface area contributed by atoms with Gasteiger partial charge in [0, 0.05) is 12.6 Å². The van der Waals surface area contributed by atoms with Crippen LogP contribution >= 0.6 is 0 Å². The molecule has 2 rings (SSSR count). The van der Waals surface area contributed by atoms with Gasteiger partial charge in [-0.3, -0.25) is 4.90 Å². The Morgan fingerprint density at radius 2 is 2.15 bits per heavy atom. The summed E-state index contributed by atoms with van der Waals surface area (Å²) in [7, 11) is 1.87. The molecule has 4 nitrogen and oxygen atoms in total. The van der Waals surface area contributed by atoms with Gasteiger partial charge in [-0.15, -0.1) is 0 Å². The number of hydrogen-bond acceptors (Lipinski definition) is 4. The Morgan fingerprint density at radius 1 is 1.35 bits per heavy atom. The van der Waals surface area contributed by atoms with Crippen molar-refractivity contribution in [1.82, 2.24) is 10.2 Å². The molecule has 0 radical (unpaired) electrons. The zero-order valence-electron chi connectivity index (χ0n) is 13.0. The summed E-state index contributed by atoms with van der Waals surface area (Å²) in [6.45, 7) is 5.13.